The predicted octanol–water partition coefficient (Wildman–Crippen LogP) is 1.68. The van der Waals surface area contributed by atoms with Crippen molar-refractivity contribution in [2.45, 2.75) is 6.54 Å². The van der Waals surface area contributed by atoms with Gasteiger partial charge in [0.2, 0.25) is 0 Å². The topological polar surface area (TPSA) is 123 Å². The first-order chi connectivity index (χ1) is 12.6. The second kappa shape index (κ2) is 9.76. The van der Waals surface area contributed by atoms with E-state index in [0.717, 1.165) is 5.56 Å². The molecule has 0 spiro atoms. The number of rotatable bonds is 7. The van der Waals surface area contributed by atoms with Crippen molar-refractivity contribution < 1.29 is 14.3 Å². The molecule has 2 aromatic rings. The molecular weight excluding hydrogens is 334 g/mol. The molecule has 26 heavy (non-hydrogen) atoms. The Balaban J connectivity index is 1.96. The molecule has 1 heterocycles. The number of nitriles is 1. The van der Waals surface area contributed by atoms with Crippen molar-refractivity contribution >= 4 is 17.6 Å². The summed E-state index contributed by atoms with van der Waals surface area (Å²) >= 11 is 0. The number of anilines is 1. The average Bonchev–Trinajstić information content (AvgIpc) is 2.67. The molecular formula is C18H19N5O3. The van der Waals surface area contributed by atoms with Gasteiger partial charge in [-0.1, -0.05) is 12.1 Å². The third-order valence-corrected chi connectivity index (χ3v) is 3.26. The maximum Gasteiger partial charge on any atom is 0.282 e. The van der Waals surface area contributed by atoms with Gasteiger partial charge in [-0.2, -0.15) is 5.26 Å². The van der Waals surface area contributed by atoms with Crippen LogP contribution in [0, 0.1) is 11.3 Å². The fraction of sp³-hybridized carbons (Fsp3) is 0.222. The van der Waals surface area contributed by atoms with Crippen LogP contribution in [0.25, 0.3) is 0 Å². The van der Waals surface area contributed by atoms with Gasteiger partial charge in [-0.3, -0.25) is 4.79 Å². The van der Waals surface area contributed by atoms with Gasteiger partial charge in [0.25, 0.3) is 11.9 Å². The number of nitrogens with zero attached hydrogens (tertiary/aromatic N) is 3. The van der Waals surface area contributed by atoms with Gasteiger partial charge >= 0.3 is 0 Å². The summed E-state index contributed by atoms with van der Waals surface area (Å²) in [4.78, 5) is 20.3. The summed E-state index contributed by atoms with van der Waals surface area (Å²) in [5.41, 5.74) is 7.73. The smallest absolute Gasteiger partial charge is 0.282 e. The molecule has 0 unspecified atom stereocenters. The van der Waals surface area contributed by atoms with Crippen molar-refractivity contribution in [1.29, 1.82) is 5.26 Å². The molecule has 0 atom stereocenters. The van der Waals surface area contributed by atoms with Crippen molar-refractivity contribution in [2.24, 2.45) is 10.7 Å². The lowest BCUT2D eigenvalue weighted by Crippen LogP contribution is -2.19. The van der Waals surface area contributed by atoms with Crippen LogP contribution in [0.5, 0.6) is 0 Å². The third-order valence-electron chi connectivity index (χ3n) is 3.26. The molecule has 2 rings (SSSR count). The lowest BCUT2D eigenvalue weighted by molar-refractivity contribution is 0.102. The van der Waals surface area contributed by atoms with Gasteiger partial charge in [-0.05, 0) is 29.8 Å². The molecule has 0 saturated carbocycles. The summed E-state index contributed by atoms with van der Waals surface area (Å²) in [7, 11) is 1.57. The Morgan fingerprint density at radius 1 is 1.35 bits per heavy atom. The van der Waals surface area contributed by atoms with E-state index in [1.54, 1.807) is 31.4 Å². The van der Waals surface area contributed by atoms with Crippen LogP contribution in [0.3, 0.4) is 0 Å². The molecule has 1 aromatic carbocycles. The van der Waals surface area contributed by atoms with Gasteiger partial charge in [-0.15, -0.1) is 0 Å². The second-order valence-corrected chi connectivity index (χ2v) is 5.19. The van der Waals surface area contributed by atoms with E-state index in [4.69, 9.17) is 20.5 Å². The monoisotopic (exact) mass is 353 g/mol. The number of benzene rings is 1. The highest BCUT2D eigenvalue weighted by Crippen LogP contribution is 2.13. The number of carbonyl (C=O) groups is 1. The van der Waals surface area contributed by atoms with Crippen LogP contribution in [0.4, 0.5) is 5.69 Å². The molecule has 8 nitrogen and oxygen atoms in total. The van der Waals surface area contributed by atoms with E-state index in [2.05, 4.69) is 15.3 Å². The molecule has 134 valence electrons. The average molecular weight is 353 g/mol. The molecule has 0 fully saturated rings. The molecule has 0 aliphatic carbocycles. The minimum atomic E-state index is -0.363. The summed E-state index contributed by atoms with van der Waals surface area (Å²) < 4.78 is 10.0. The Kier molecular flexibility index (Phi) is 7.09. The lowest BCUT2D eigenvalue weighted by Gasteiger charge is -2.07. The summed E-state index contributed by atoms with van der Waals surface area (Å²) in [6, 6.07) is 12.3. The van der Waals surface area contributed by atoms with Crippen LogP contribution >= 0.6 is 0 Å². The minimum Gasteiger partial charge on any atom is -0.463 e. The molecule has 0 aliphatic rings. The number of carbonyl (C=O) groups excluding carboxylic acids is 1. The van der Waals surface area contributed by atoms with Crippen LogP contribution in [-0.4, -0.2) is 37.2 Å². The summed E-state index contributed by atoms with van der Waals surface area (Å²) in [6.45, 7) is 1.08. The number of amides is 1. The number of nitrogens with two attached hydrogens (primary N) is 1. The molecule has 1 amide bonds. The Labute approximate surface area is 151 Å². The first-order valence-electron chi connectivity index (χ1n) is 7.80. The normalized spacial score (nSPS) is 10.8. The molecule has 0 aliphatic heterocycles. The molecule has 1 aromatic heterocycles. The summed E-state index contributed by atoms with van der Waals surface area (Å²) in [6.07, 6.45) is 1.35. The highest BCUT2D eigenvalue weighted by molar-refractivity contribution is 6.02. The van der Waals surface area contributed by atoms with Crippen molar-refractivity contribution in [1.82, 2.24) is 4.98 Å². The zero-order chi connectivity index (χ0) is 18.8. The fourth-order valence-electron chi connectivity index (χ4n) is 1.98. The highest BCUT2D eigenvalue weighted by Gasteiger charge is 2.08. The van der Waals surface area contributed by atoms with Gasteiger partial charge in [0.05, 0.1) is 18.7 Å². The predicted molar refractivity (Wildman–Crippen MR) is 96.5 cm³/mol. The van der Waals surface area contributed by atoms with Crippen LogP contribution in [0.2, 0.25) is 0 Å². The van der Waals surface area contributed by atoms with Gasteiger partial charge in [0, 0.05) is 19.0 Å². The van der Waals surface area contributed by atoms with Gasteiger partial charge < -0.3 is 20.5 Å². The molecule has 8 heteroatoms. The zero-order valence-electron chi connectivity index (χ0n) is 14.3. The van der Waals surface area contributed by atoms with E-state index in [1.165, 1.54) is 12.3 Å². The quantitative estimate of drug-likeness (QED) is 0.443. The number of ether oxygens (including phenoxy) is 2. The number of amidine groups is 1. The standard InChI is InChI=1S/C18H19N5O3/c1-25-7-8-26-18(20)22-11-13-3-2-4-15(9-13)23-17(24)16-6-5-14(10-19)12-21-16/h2-6,9,12H,7-8,11H2,1H3,(H2,20,22)(H,23,24). The van der Waals surface area contributed by atoms with E-state index in [9.17, 15) is 4.79 Å². The Hall–Kier alpha value is -3.44. The molecule has 0 saturated heterocycles. The minimum absolute atomic E-state index is 0.0817. The maximum atomic E-state index is 12.2. The first-order valence-corrected chi connectivity index (χ1v) is 7.80. The fourth-order valence-corrected chi connectivity index (χ4v) is 1.98. The Bertz CT molecular complexity index is 812. The van der Waals surface area contributed by atoms with Crippen molar-refractivity contribution in [3.8, 4) is 6.07 Å². The van der Waals surface area contributed by atoms with Crippen molar-refractivity contribution in [2.75, 3.05) is 25.6 Å². The molecule has 3 N–H and O–H groups in total. The van der Waals surface area contributed by atoms with E-state index in [-0.39, 0.29) is 17.6 Å². The lowest BCUT2D eigenvalue weighted by atomic mass is 10.2. The SMILES string of the molecule is COCCOC(N)=NCc1cccc(NC(=O)c2ccc(C#N)cn2)c1. The van der Waals surface area contributed by atoms with Crippen molar-refractivity contribution in [3.05, 3.63) is 59.4 Å². The first kappa shape index (κ1) is 18.9. The van der Waals surface area contributed by atoms with Crippen LogP contribution in [-0.2, 0) is 16.0 Å². The number of aromatic nitrogens is 1. The van der Waals surface area contributed by atoms with Gasteiger partial charge in [-0.25, -0.2) is 9.98 Å². The number of hydrogen-bond donors (Lipinski definition) is 2. The Morgan fingerprint density at radius 3 is 2.88 bits per heavy atom. The van der Waals surface area contributed by atoms with Crippen LogP contribution < -0.4 is 11.1 Å². The van der Waals surface area contributed by atoms with Crippen LogP contribution in [0.1, 0.15) is 21.6 Å². The summed E-state index contributed by atoms with van der Waals surface area (Å²) in [5.74, 6) is -0.363. The largest absolute Gasteiger partial charge is 0.463 e. The van der Waals surface area contributed by atoms with E-state index >= 15 is 0 Å². The molecule has 0 bridgehead atoms. The highest BCUT2D eigenvalue weighted by atomic mass is 16.5. The van der Waals surface area contributed by atoms with Gasteiger partial charge in [0.1, 0.15) is 18.4 Å². The second-order valence-electron chi connectivity index (χ2n) is 5.19. The number of methoxy groups -OCH3 is 1. The number of nitrogens with one attached hydrogen (secondary N) is 1. The Morgan fingerprint density at radius 2 is 2.19 bits per heavy atom. The number of aliphatic imine (C=N–C) groups is 1. The van der Waals surface area contributed by atoms with E-state index < -0.39 is 0 Å². The summed E-state index contributed by atoms with van der Waals surface area (Å²) in [5, 5.41) is 11.5. The maximum absolute atomic E-state index is 12.2. The molecule has 0 radical (unpaired) electrons. The zero-order valence-corrected chi connectivity index (χ0v) is 14.3. The van der Waals surface area contributed by atoms with E-state index in [0.29, 0.717) is 31.0 Å². The van der Waals surface area contributed by atoms with E-state index in [1.807, 2.05) is 12.1 Å². The van der Waals surface area contributed by atoms with Crippen LogP contribution in [0.15, 0.2) is 47.6 Å². The number of pyridine rings is 1. The third kappa shape index (κ3) is 5.89. The number of hydrogen-bond acceptors (Lipinski definition) is 6. The van der Waals surface area contributed by atoms with Crippen molar-refractivity contribution in [3.63, 3.8) is 0 Å². The van der Waals surface area contributed by atoms with Gasteiger partial charge in [0.15, 0.2) is 0 Å².